The second-order valence-electron chi connectivity index (χ2n) is 11.6. The normalized spacial score (nSPS) is 12.5. The Bertz CT molecular complexity index is 1630. The molecule has 0 atom stereocenters. The maximum atomic E-state index is 15.6. The first-order valence-corrected chi connectivity index (χ1v) is 15.6. The molecule has 46 heavy (non-hydrogen) atoms. The molecule has 1 aliphatic heterocycles. The van der Waals surface area contributed by atoms with E-state index < -0.39 is 23.2 Å². The number of nitrogens with zero attached hydrogens (tertiary/aromatic N) is 1. The van der Waals surface area contributed by atoms with Crippen LogP contribution in [0.3, 0.4) is 0 Å². The molecule has 13 heteroatoms. The van der Waals surface area contributed by atoms with Crippen LogP contribution in [0.15, 0.2) is 18.2 Å². The molecule has 2 aromatic carbocycles. The van der Waals surface area contributed by atoms with Crippen molar-refractivity contribution in [1.82, 2.24) is 4.90 Å². The van der Waals surface area contributed by atoms with Gasteiger partial charge in [-0.2, -0.15) is 0 Å². The van der Waals surface area contributed by atoms with E-state index in [9.17, 15) is 19.2 Å². The van der Waals surface area contributed by atoms with E-state index >= 15 is 8.78 Å². The maximum Gasteiger partial charge on any atom is 0.306 e. The molecule has 0 N–H and O–H groups in total. The number of benzene rings is 2. The summed E-state index contributed by atoms with van der Waals surface area (Å²) < 4.78 is 58.9. The van der Waals surface area contributed by atoms with Crippen molar-refractivity contribution in [3.05, 3.63) is 45.8 Å². The molecule has 0 aliphatic carbocycles. The summed E-state index contributed by atoms with van der Waals surface area (Å²) >= 11 is 1.11. The van der Waals surface area contributed by atoms with Gasteiger partial charge >= 0.3 is 5.97 Å². The molecule has 1 amide bonds. The average molecular weight is 662 g/mol. The predicted molar refractivity (Wildman–Crippen MR) is 166 cm³/mol. The van der Waals surface area contributed by atoms with Gasteiger partial charge < -0.3 is 33.4 Å². The van der Waals surface area contributed by atoms with Gasteiger partial charge in [-0.25, -0.2) is 8.78 Å². The third-order valence-corrected chi connectivity index (χ3v) is 8.20. The van der Waals surface area contributed by atoms with E-state index in [0.717, 1.165) is 11.3 Å². The summed E-state index contributed by atoms with van der Waals surface area (Å²) in [6, 6.07) is 4.65. The summed E-state index contributed by atoms with van der Waals surface area (Å²) in [6.45, 7) is 5.43. The van der Waals surface area contributed by atoms with Gasteiger partial charge in [0, 0.05) is 60.5 Å². The Morgan fingerprint density at radius 3 is 2.20 bits per heavy atom. The van der Waals surface area contributed by atoms with Crippen LogP contribution in [0.2, 0.25) is 0 Å². The fourth-order valence-corrected chi connectivity index (χ4v) is 5.98. The number of ether oxygens (including phenoxy) is 5. The molecule has 0 saturated heterocycles. The van der Waals surface area contributed by atoms with Gasteiger partial charge in [0.1, 0.15) is 11.9 Å². The van der Waals surface area contributed by atoms with E-state index in [1.54, 1.807) is 32.9 Å². The Hall–Kier alpha value is -4.26. The van der Waals surface area contributed by atoms with E-state index in [1.165, 1.54) is 25.2 Å². The van der Waals surface area contributed by atoms with E-state index in [-0.39, 0.29) is 98.5 Å². The number of methoxy groups -OCH3 is 2. The van der Waals surface area contributed by atoms with Crippen molar-refractivity contribution in [1.29, 1.82) is 0 Å². The minimum absolute atomic E-state index is 0.00283. The van der Waals surface area contributed by atoms with Crippen molar-refractivity contribution in [3.63, 3.8) is 0 Å². The van der Waals surface area contributed by atoms with Crippen molar-refractivity contribution >= 4 is 45.4 Å². The van der Waals surface area contributed by atoms with Crippen molar-refractivity contribution < 1.29 is 51.6 Å². The first kappa shape index (κ1) is 34.6. The lowest BCUT2D eigenvalue weighted by atomic mass is 10.1. The lowest BCUT2D eigenvalue weighted by Gasteiger charge is -2.20. The van der Waals surface area contributed by atoms with Gasteiger partial charge in [-0.15, -0.1) is 11.3 Å². The molecule has 0 fully saturated rings. The van der Waals surface area contributed by atoms with Crippen LogP contribution in [0, 0.1) is 11.6 Å². The first-order chi connectivity index (χ1) is 21.9. The summed E-state index contributed by atoms with van der Waals surface area (Å²) in [7, 11) is 2.76. The topological polar surface area (TPSA) is 118 Å². The monoisotopic (exact) mass is 661 g/mol. The molecule has 248 valence electrons. The Morgan fingerprint density at radius 1 is 0.913 bits per heavy atom. The summed E-state index contributed by atoms with van der Waals surface area (Å²) in [5.74, 6) is -2.29. The summed E-state index contributed by atoms with van der Waals surface area (Å²) in [6.07, 6.45) is 0.899. The number of ketones is 1. The highest BCUT2D eigenvalue weighted by Gasteiger charge is 2.31. The highest BCUT2D eigenvalue weighted by molar-refractivity contribution is 7.20. The molecule has 0 unspecified atom stereocenters. The molecule has 1 aromatic heterocycles. The van der Waals surface area contributed by atoms with Crippen LogP contribution in [-0.2, 0) is 32.2 Å². The van der Waals surface area contributed by atoms with E-state index in [0.29, 0.717) is 27.0 Å². The summed E-state index contributed by atoms with van der Waals surface area (Å²) in [5.41, 5.74) is 0.230. The SMILES string of the molecule is COc1cc2c(c(F)c1OCCCOc1c(OC)cc3sc(C(=O)CCC=O)cc3c1F)CN(C(=O)CCC(=O)OC(C)(C)C)C2. The van der Waals surface area contributed by atoms with Crippen LogP contribution >= 0.6 is 11.3 Å². The molecule has 0 saturated carbocycles. The van der Waals surface area contributed by atoms with Crippen LogP contribution in [0.4, 0.5) is 8.78 Å². The molecular weight excluding hydrogens is 624 g/mol. The fourth-order valence-electron chi connectivity index (χ4n) is 4.93. The van der Waals surface area contributed by atoms with E-state index in [2.05, 4.69) is 0 Å². The molecular formula is C33H37F2NO9S. The standard InChI is InChI=1S/C33H37F2NO9S/c1-33(2,3)45-28(40)10-9-27(39)36-17-19-14-23(41-4)31(30(35)21(19)18-36)43-12-7-13-44-32-24(42-5)16-25-20(29(32)34)15-26(46-25)22(38)8-6-11-37/h11,14-16H,6-10,12-13,17-18H2,1-5H3. The number of rotatable bonds is 15. The second kappa shape index (κ2) is 14.9. The Morgan fingerprint density at radius 2 is 1.57 bits per heavy atom. The number of Topliss-reactive ketones (excluding diaryl/α,β-unsaturated/α-hetero) is 1. The minimum atomic E-state index is -0.683. The van der Waals surface area contributed by atoms with Gasteiger partial charge in [0.2, 0.25) is 5.91 Å². The summed E-state index contributed by atoms with van der Waals surface area (Å²) in [5, 5.41) is 0.203. The summed E-state index contributed by atoms with van der Waals surface area (Å²) in [4.78, 5) is 49.5. The van der Waals surface area contributed by atoms with Crippen molar-refractivity contribution in [2.75, 3.05) is 27.4 Å². The highest BCUT2D eigenvalue weighted by Crippen LogP contribution is 2.41. The maximum absolute atomic E-state index is 15.6. The smallest absolute Gasteiger partial charge is 0.306 e. The van der Waals surface area contributed by atoms with Crippen molar-refractivity contribution in [2.24, 2.45) is 0 Å². The Balaban J connectivity index is 1.36. The minimum Gasteiger partial charge on any atom is -0.493 e. The van der Waals surface area contributed by atoms with Crippen molar-refractivity contribution in [2.45, 2.75) is 71.6 Å². The average Bonchev–Trinajstić information content (AvgIpc) is 3.64. The first-order valence-electron chi connectivity index (χ1n) is 14.8. The van der Waals surface area contributed by atoms with Gasteiger partial charge in [-0.05, 0) is 38.5 Å². The van der Waals surface area contributed by atoms with Crippen LogP contribution < -0.4 is 18.9 Å². The number of carbonyl (C=O) groups is 4. The zero-order chi connectivity index (χ0) is 33.6. The number of hydrogen-bond acceptors (Lipinski definition) is 10. The van der Waals surface area contributed by atoms with Gasteiger partial charge in [0.05, 0.1) is 38.7 Å². The molecule has 3 aromatic rings. The third kappa shape index (κ3) is 8.11. The number of thiophene rings is 1. The number of amides is 1. The lowest BCUT2D eigenvalue weighted by molar-refractivity contribution is -0.156. The van der Waals surface area contributed by atoms with Gasteiger partial charge in [-0.1, -0.05) is 0 Å². The number of fused-ring (bicyclic) bond motifs is 2. The molecule has 10 nitrogen and oxygen atoms in total. The quantitative estimate of drug-likeness (QED) is 0.0816. The highest BCUT2D eigenvalue weighted by atomic mass is 32.1. The molecule has 0 spiro atoms. The molecule has 0 radical (unpaired) electrons. The van der Waals surface area contributed by atoms with Gasteiger partial charge in [0.25, 0.3) is 0 Å². The number of carbonyl (C=O) groups excluding carboxylic acids is 4. The molecule has 0 bridgehead atoms. The Labute approximate surface area is 269 Å². The lowest BCUT2D eigenvalue weighted by Crippen LogP contribution is -2.28. The van der Waals surface area contributed by atoms with Crippen LogP contribution in [0.1, 0.15) is 73.7 Å². The van der Waals surface area contributed by atoms with Gasteiger partial charge in [-0.3, -0.25) is 14.4 Å². The molecule has 2 heterocycles. The van der Waals surface area contributed by atoms with E-state index in [4.69, 9.17) is 23.7 Å². The van der Waals surface area contributed by atoms with Crippen molar-refractivity contribution in [3.8, 4) is 23.0 Å². The molecule has 4 rings (SSSR count). The largest absolute Gasteiger partial charge is 0.493 e. The number of esters is 1. The second-order valence-corrected chi connectivity index (χ2v) is 12.7. The Kier molecular flexibility index (Phi) is 11.2. The number of halogens is 2. The van der Waals surface area contributed by atoms with Crippen LogP contribution in [-0.4, -0.2) is 61.9 Å². The zero-order valence-electron chi connectivity index (χ0n) is 26.5. The molecule has 1 aliphatic rings. The van der Waals surface area contributed by atoms with Crippen LogP contribution in [0.5, 0.6) is 23.0 Å². The number of aldehydes is 1. The van der Waals surface area contributed by atoms with Gasteiger partial charge in [0.15, 0.2) is 40.4 Å². The van der Waals surface area contributed by atoms with Crippen LogP contribution in [0.25, 0.3) is 10.1 Å². The third-order valence-electron chi connectivity index (χ3n) is 7.07. The zero-order valence-corrected chi connectivity index (χ0v) is 27.3. The van der Waals surface area contributed by atoms with E-state index in [1.807, 2.05) is 0 Å². The predicted octanol–water partition coefficient (Wildman–Crippen LogP) is 6.17. The fraction of sp³-hybridized carbons (Fsp3) is 0.455. The number of hydrogen-bond donors (Lipinski definition) is 0.